The number of hydrogen-bond acceptors (Lipinski definition) is 3. The van der Waals surface area contributed by atoms with Crippen molar-refractivity contribution >= 4 is 5.78 Å². The molecule has 0 bridgehead atoms. The fourth-order valence-corrected chi connectivity index (χ4v) is 1.93. The van der Waals surface area contributed by atoms with Crippen molar-refractivity contribution in [2.45, 2.75) is 13.0 Å². The average molecular weight is 270 g/mol. The van der Waals surface area contributed by atoms with Gasteiger partial charge >= 0.3 is 0 Å². The number of ether oxygens (including phenoxy) is 2. The molecule has 0 saturated heterocycles. The molecule has 104 valence electrons. The van der Waals surface area contributed by atoms with E-state index in [1.165, 1.54) is 0 Å². The topological polar surface area (TPSA) is 35.5 Å². The lowest BCUT2D eigenvalue weighted by Crippen LogP contribution is -2.13. The van der Waals surface area contributed by atoms with E-state index in [2.05, 4.69) is 0 Å². The molecule has 0 fully saturated rings. The molecule has 2 aromatic rings. The molecule has 0 aliphatic rings. The SMILES string of the molecule is COCc1cccc(OCC(=O)Cc2ccccc2)c1. The number of carbonyl (C=O) groups is 1. The smallest absolute Gasteiger partial charge is 0.174 e. The third kappa shape index (κ3) is 4.52. The summed E-state index contributed by atoms with van der Waals surface area (Å²) in [6.45, 7) is 0.625. The summed E-state index contributed by atoms with van der Waals surface area (Å²) in [5, 5.41) is 0. The fourth-order valence-electron chi connectivity index (χ4n) is 1.93. The molecule has 2 aromatic carbocycles. The highest BCUT2D eigenvalue weighted by Crippen LogP contribution is 2.14. The maximum Gasteiger partial charge on any atom is 0.174 e. The molecule has 0 aromatic heterocycles. The van der Waals surface area contributed by atoms with Crippen molar-refractivity contribution in [1.29, 1.82) is 0 Å². The zero-order chi connectivity index (χ0) is 14.2. The minimum absolute atomic E-state index is 0.0633. The number of rotatable bonds is 7. The summed E-state index contributed by atoms with van der Waals surface area (Å²) >= 11 is 0. The van der Waals surface area contributed by atoms with Gasteiger partial charge in [0, 0.05) is 13.5 Å². The lowest BCUT2D eigenvalue weighted by Gasteiger charge is -2.07. The van der Waals surface area contributed by atoms with Gasteiger partial charge in [-0.2, -0.15) is 0 Å². The molecule has 0 radical (unpaired) electrons. The molecule has 0 atom stereocenters. The van der Waals surface area contributed by atoms with Crippen LogP contribution < -0.4 is 4.74 Å². The van der Waals surface area contributed by atoms with Gasteiger partial charge < -0.3 is 9.47 Å². The Balaban J connectivity index is 1.85. The molecule has 0 heterocycles. The molecule has 3 nitrogen and oxygen atoms in total. The third-order valence-corrected chi connectivity index (χ3v) is 2.85. The third-order valence-electron chi connectivity index (χ3n) is 2.85. The van der Waals surface area contributed by atoms with Crippen molar-refractivity contribution < 1.29 is 14.3 Å². The summed E-state index contributed by atoms with van der Waals surface area (Å²) in [6.07, 6.45) is 0.401. The minimum Gasteiger partial charge on any atom is -0.486 e. The van der Waals surface area contributed by atoms with Crippen LogP contribution in [0.2, 0.25) is 0 Å². The Labute approximate surface area is 119 Å². The van der Waals surface area contributed by atoms with Crippen LogP contribution in [-0.2, 0) is 22.6 Å². The van der Waals surface area contributed by atoms with Crippen molar-refractivity contribution in [3.05, 3.63) is 65.7 Å². The summed E-state index contributed by atoms with van der Waals surface area (Å²) in [7, 11) is 1.65. The molecule has 0 unspecified atom stereocenters. The molecular formula is C17H18O3. The summed E-state index contributed by atoms with van der Waals surface area (Å²) in [5.74, 6) is 0.759. The Morgan fingerprint density at radius 2 is 1.75 bits per heavy atom. The maximum absolute atomic E-state index is 11.8. The average Bonchev–Trinajstić information content (AvgIpc) is 2.47. The van der Waals surface area contributed by atoms with Crippen LogP contribution in [0.3, 0.4) is 0 Å². The summed E-state index contributed by atoms with van der Waals surface area (Å²) in [5.41, 5.74) is 2.04. The number of ketones is 1. The summed E-state index contributed by atoms with van der Waals surface area (Å²) in [4.78, 5) is 11.8. The second kappa shape index (κ2) is 7.46. The quantitative estimate of drug-likeness (QED) is 0.775. The zero-order valence-electron chi connectivity index (χ0n) is 11.5. The first-order chi connectivity index (χ1) is 9.78. The molecule has 3 heteroatoms. The molecular weight excluding hydrogens is 252 g/mol. The Morgan fingerprint density at radius 3 is 2.50 bits per heavy atom. The molecule has 0 N–H and O–H groups in total. The molecule has 0 aliphatic carbocycles. The van der Waals surface area contributed by atoms with E-state index in [4.69, 9.17) is 9.47 Å². The van der Waals surface area contributed by atoms with Crippen LogP contribution in [-0.4, -0.2) is 19.5 Å². The largest absolute Gasteiger partial charge is 0.486 e. The van der Waals surface area contributed by atoms with Gasteiger partial charge in [0.05, 0.1) is 6.61 Å². The van der Waals surface area contributed by atoms with Gasteiger partial charge in [-0.1, -0.05) is 42.5 Å². The number of methoxy groups -OCH3 is 1. The van der Waals surface area contributed by atoms with Crippen LogP contribution in [0.25, 0.3) is 0 Å². The lowest BCUT2D eigenvalue weighted by atomic mass is 10.1. The molecule has 20 heavy (non-hydrogen) atoms. The monoisotopic (exact) mass is 270 g/mol. The molecule has 0 spiro atoms. The van der Waals surface area contributed by atoms with E-state index >= 15 is 0 Å². The highest BCUT2D eigenvalue weighted by atomic mass is 16.5. The summed E-state index contributed by atoms with van der Waals surface area (Å²) < 4.78 is 10.6. The highest BCUT2D eigenvalue weighted by Gasteiger charge is 2.05. The number of carbonyl (C=O) groups excluding carboxylic acids is 1. The van der Waals surface area contributed by atoms with Crippen LogP contribution in [0.4, 0.5) is 0 Å². The van der Waals surface area contributed by atoms with Crippen molar-refractivity contribution in [3.63, 3.8) is 0 Å². The van der Waals surface area contributed by atoms with Gasteiger partial charge in [0.1, 0.15) is 12.4 Å². The first-order valence-corrected chi connectivity index (χ1v) is 6.54. The van der Waals surface area contributed by atoms with Crippen LogP contribution in [0.15, 0.2) is 54.6 Å². The highest BCUT2D eigenvalue weighted by molar-refractivity contribution is 5.82. The maximum atomic E-state index is 11.8. The zero-order valence-corrected chi connectivity index (χ0v) is 11.5. The van der Waals surface area contributed by atoms with E-state index in [0.29, 0.717) is 18.8 Å². The van der Waals surface area contributed by atoms with Crippen molar-refractivity contribution in [3.8, 4) is 5.75 Å². The van der Waals surface area contributed by atoms with Gasteiger partial charge in [0.25, 0.3) is 0 Å². The number of hydrogen-bond donors (Lipinski definition) is 0. The van der Waals surface area contributed by atoms with E-state index in [1.807, 2.05) is 54.6 Å². The Morgan fingerprint density at radius 1 is 1.00 bits per heavy atom. The minimum atomic E-state index is 0.0633. The number of Topliss-reactive ketones (excluding diaryl/α,β-unsaturated/α-hetero) is 1. The summed E-state index contributed by atoms with van der Waals surface area (Å²) in [6, 6.07) is 17.3. The Hall–Kier alpha value is -2.13. The van der Waals surface area contributed by atoms with E-state index in [1.54, 1.807) is 7.11 Å². The lowest BCUT2D eigenvalue weighted by molar-refractivity contribution is -0.120. The van der Waals surface area contributed by atoms with Crippen LogP contribution in [0.1, 0.15) is 11.1 Å². The van der Waals surface area contributed by atoms with Gasteiger partial charge in [0.15, 0.2) is 5.78 Å². The van der Waals surface area contributed by atoms with Gasteiger partial charge in [0.2, 0.25) is 0 Å². The molecule has 0 amide bonds. The van der Waals surface area contributed by atoms with Crippen LogP contribution in [0.5, 0.6) is 5.75 Å². The predicted molar refractivity (Wildman–Crippen MR) is 77.8 cm³/mol. The van der Waals surface area contributed by atoms with Crippen molar-refractivity contribution in [1.82, 2.24) is 0 Å². The molecule has 0 saturated carbocycles. The van der Waals surface area contributed by atoms with Crippen LogP contribution >= 0.6 is 0 Å². The van der Waals surface area contributed by atoms with E-state index < -0.39 is 0 Å². The van der Waals surface area contributed by atoms with Crippen molar-refractivity contribution in [2.24, 2.45) is 0 Å². The van der Waals surface area contributed by atoms with E-state index in [0.717, 1.165) is 11.1 Å². The second-order valence-corrected chi connectivity index (χ2v) is 4.57. The first-order valence-electron chi connectivity index (χ1n) is 6.54. The van der Waals surface area contributed by atoms with Gasteiger partial charge in [-0.05, 0) is 23.3 Å². The van der Waals surface area contributed by atoms with Gasteiger partial charge in [-0.25, -0.2) is 0 Å². The predicted octanol–water partition coefficient (Wildman–Crippen LogP) is 3.02. The fraction of sp³-hybridized carbons (Fsp3) is 0.235. The van der Waals surface area contributed by atoms with Crippen LogP contribution in [0, 0.1) is 0 Å². The Kier molecular flexibility index (Phi) is 5.33. The Bertz CT molecular complexity index is 549. The molecule has 0 aliphatic heterocycles. The van der Waals surface area contributed by atoms with E-state index in [-0.39, 0.29) is 12.4 Å². The molecule has 2 rings (SSSR count). The first kappa shape index (κ1) is 14.3. The second-order valence-electron chi connectivity index (χ2n) is 4.57. The standard InChI is InChI=1S/C17H18O3/c1-19-12-15-8-5-9-17(11-15)20-13-16(18)10-14-6-3-2-4-7-14/h2-9,11H,10,12-13H2,1H3. The van der Waals surface area contributed by atoms with E-state index in [9.17, 15) is 4.79 Å². The normalized spacial score (nSPS) is 10.2. The van der Waals surface area contributed by atoms with Gasteiger partial charge in [-0.15, -0.1) is 0 Å². The van der Waals surface area contributed by atoms with Crippen molar-refractivity contribution in [2.75, 3.05) is 13.7 Å². The number of benzene rings is 2. The van der Waals surface area contributed by atoms with Gasteiger partial charge in [-0.3, -0.25) is 4.79 Å².